The Morgan fingerprint density at radius 1 is 1.23 bits per heavy atom. The van der Waals surface area contributed by atoms with Crippen LogP contribution in [-0.2, 0) is 9.84 Å². The highest BCUT2D eigenvalue weighted by atomic mass is 32.2. The number of hydrogen-bond donors (Lipinski definition) is 1. The van der Waals surface area contributed by atoms with E-state index in [9.17, 15) is 13.2 Å². The van der Waals surface area contributed by atoms with Crippen LogP contribution < -0.4 is 4.74 Å². The molecular formula is C20H22N4O5S. The Labute approximate surface area is 174 Å². The van der Waals surface area contributed by atoms with Crippen molar-refractivity contribution < 1.29 is 23.1 Å². The van der Waals surface area contributed by atoms with E-state index in [0.29, 0.717) is 49.8 Å². The molecule has 1 saturated heterocycles. The Bertz CT molecular complexity index is 1130. The molecule has 0 radical (unpaired) electrons. The Balaban J connectivity index is 1.55. The second-order valence-corrected chi connectivity index (χ2v) is 9.50. The summed E-state index contributed by atoms with van der Waals surface area (Å²) in [5.41, 5.74) is 2.89. The third-order valence-corrected chi connectivity index (χ3v) is 6.39. The van der Waals surface area contributed by atoms with E-state index in [1.54, 1.807) is 31.3 Å². The fourth-order valence-corrected chi connectivity index (χ4v) is 4.41. The number of allylic oxidation sites excluding steroid dienone is 4. The number of fused-ring (bicyclic) bond motifs is 1. The first-order chi connectivity index (χ1) is 14.2. The summed E-state index contributed by atoms with van der Waals surface area (Å²) in [7, 11) is -3.32. The van der Waals surface area contributed by atoms with Gasteiger partial charge < -0.3 is 14.7 Å². The van der Waals surface area contributed by atoms with Crippen LogP contribution in [-0.4, -0.2) is 65.6 Å². The van der Waals surface area contributed by atoms with Gasteiger partial charge in [0.05, 0.1) is 16.3 Å². The molecule has 0 spiro atoms. The van der Waals surface area contributed by atoms with Crippen molar-refractivity contribution in [2.75, 3.05) is 19.3 Å². The van der Waals surface area contributed by atoms with Gasteiger partial charge in [0, 0.05) is 62.0 Å². The topological polar surface area (TPSA) is 122 Å². The van der Waals surface area contributed by atoms with Crippen molar-refractivity contribution in [2.24, 2.45) is 4.99 Å². The lowest BCUT2D eigenvalue weighted by molar-refractivity contribution is 0.0869. The van der Waals surface area contributed by atoms with Crippen molar-refractivity contribution in [2.45, 2.75) is 32.3 Å². The second-order valence-electron chi connectivity index (χ2n) is 7.48. The monoisotopic (exact) mass is 430 g/mol. The first-order valence-electron chi connectivity index (χ1n) is 9.61. The number of likely N-dealkylation sites (tertiary alicyclic amines) is 1. The van der Waals surface area contributed by atoms with Crippen molar-refractivity contribution in [1.82, 2.24) is 14.9 Å². The van der Waals surface area contributed by atoms with Crippen LogP contribution in [0.4, 0.5) is 4.79 Å². The number of piperidine rings is 1. The Morgan fingerprint density at radius 2 is 1.97 bits per heavy atom. The van der Waals surface area contributed by atoms with Crippen molar-refractivity contribution >= 4 is 27.2 Å². The predicted octanol–water partition coefficient (Wildman–Crippen LogP) is 2.36. The number of rotatable bonds is 4. The van der Waals surface area contributed by atoms with Gasteiger partial charge in [0.25, 0.3) is 0 Å². The average molecular weight is 430 g/mol. The molecule has 1 aliphatic carbocycles. The molecule has 3 heterocycles. The Kier molecular flexibility index (Phi) is 5.19. The molecule has 0 bridgehead atoms. The van der Waals surface area contributed by atoms with Gasteiger partial charge in [0.15, 0.2) is 9.84 Å². The molecule has 4 rings (SSSR count). The number of ether oxygens (including phenoxy) is 1. The summed E-state index contributed by atoms with van der Waals surface area (Å²) >= 11 is 0. The number of nitrogens with zero attached hydrogens (tertiary/aromatic N) is 4. The molecule has 158 valence electrons. The van der Waals surface area contributed by atoms with Gasteiger partial charge in [-0.3, -0.25) is 4.99 Å². The minimum Gasteiger partial charge on any atom is -0.474 e. The molecule has 9 nitrogen and oxygen atoms in total. The minimum absolute atomic E-state index is 0.124. The maximum Gasteiger partial charge on any atom is 0.407 e. The van der Waals surface area contributed by atoms with E-state index in [1.807, 2.05) is 0 Å². The lowest BCUT2D eigenvalue weighted by Crippen LogP contribution is -2.41. The third kappa shape index (κ3) is 4.13. The summed E-state index contributed by atoms with van der Waals surface area (Å²) < 4.78 is 29.9. The SMILES string of the molecule is Cc1nc(OC2CCN(C(=O)O)CC2)cc(C2=CN=C3CC=C(S(C)(=O)=O)C=C23)n1. The number of amides is 1. The standard InChI is InChI=1S/C20H22N4O5S/c1-12-22-18(10-19(23-12)29-13-5-7-24(8-6-13)20(25)26)16-11-21-17-4-3-14(9-15(16)17)30(2,27)28/h3,9-11,13H,4-8H2,1-2H3,(H,25,26). The van der Waals surface area contributed by atoms with E-state index >= 15 is 0 Å². The highest BCUT2D eigenvalue weighted by molar-refractivity contribution is 7.94. The quantitative estimate of drug-likeness (QED) is 0.778. The Hall–Kier alpha value is -3.01. The maximum absolute atomic E-state index is 12.0. The molecule has 1 amide bonds. The fraction of sp³-hybridized carbons (Fsp3) is 0.400. The van der Waals surface area contributed by atoms with Gasteiger partial charge in [-0.1, -0.05) is 6.08 Å². The molecule has 0 unspecified atom stereocenters. The number of aromatic nitrogens is 2. The third-order valence-electron chi connectivity index (χ3n) is 5.25. The number of aliphatic imine (C=N–C) groups is 1. The Morgan fingerprint density at radius 3 is 2.63 bits per heavy atom. The molecule has 10 heteroatoms. The molecule has 1 aromatic rings. The van der Waals surface area contributed by atoms with Crippen LogP contribution in [0.5, 0.6) is 5.88 Å². The zero-order valence-corrected chi connectivity index (χ0v) is 17.5. The zero-order valence-electron chi connectivity index (χ0n) is 16.7. The van der Waals surface area contributed by atoms with Crippen molar-refractivity contribution in [3.8, 4) is 5.88 Å². The second kappa shape index (κ2) is 7.67. The smallest absolute Gasteiger partial charge is 0.407 e. The molecule has 1 N–H and O–H groups in total. The number of hydrogen-bond acceptors (Lipinski definition) is 7. The molecule has 3 aliphatic rings. The molecule has 30 heavy (non-hydrogen) atoms. The van der Waals surface area contributed by atoms with Gasteiger partial charge in [-0.2, -0.15) is 4.98 Å². The van der Waals surface area contributed by atoms with E-state index in [4.69, 9.17) is 9.84 Å². The van der Waals surface area contributed by atoms with Gasteiger partial charge in [0.2, 0.25) is 5.88 Å². The largest absolute Gasteiger partial charge is 0.474 e. The highest BCUT2D eigenvalue weighted by Gasteiger charge is 2.27. The number of aryl methyl sites for hydroxylation is 1. The first kappa shape index (κ1) is 20.3. The van der Waals surface area contributed by atoms with Crippen molar-refractivity contribution in [3.63, 3.8) is 0 Å². The molecule has 2 aliphatic heterocycles. The summed E-state index contributed by atoms with van der Waals surface area (Å²) in [4.78, 5) is 26.0. The number of sulfone groups is 1. The summed E-state index contributed by atoms with van der Waals surface area (Å²) in [5.74, 6) is 0.936. The van der Waals surface area contributed by atoms with Crippen molar-refractivity contribution in [3.05, 3.63) is 46.4 Å². The number of carbonyl (C=O) groups is 1. The van der Waals surface area contributed by atoms with Crippen LogP contribution in [0.3, 0.4) is 0 Å². The van der Waals surface area contributed by atoms with Crippen LogP contribution in [0.2, 0.25) is 0 Å². The first-order valence-corrected chi connectivity index (χ1v) is 11.5. The summed E-state index contributed by atoms with van der Waals surface area (Å²) in [6, 6.07) is 1.72. The van der Waals surface area contributed by atoms with Crippen LogP contribution in [0.15, 0.2) is 39.9 Å². The van der Waals surface area contributed by atoms with Crippen LogP contribution in [0, 0.1) is 6.92 Å². The van der Waals surface area contributed by atoms with E-state index in [1.165, 1.54) is 11.2 Å². The molecule has 0 atom stereocenters. The lowest BCUT2D eigenvalue weighted by atomic mass is 9.95. The molecule has 0 saturated carbocycles. The van der Waals surface area contributed by atoms with Gasteiger partial charge in [0.1, 0.15) is 11.9 Å². The molecule has 1 fully saturated rings. The van der Waals surface area contributed by atoms with Crippen LogP contribution >= 0.6 is 0 Å². The fourth-order valence-electron chi connectivity index (χ4n) is 3.70. The van der Waals surface area contributed by atoms with Gasteiger partial charge in [-0.15, -0.1) is 0 Å². The van der Waals surface area contributed by atoms with E-state index < -0.39 is 15.9 Å². The lowest BCUT2D eigenvalue weighted by Gasteiger charge is -2.30. The van der Waals surface area contributed by atoms with Gasteiger partial charge in [-0.05, 0) is 13.0 Å². The van der Waals surface area contributed by atoms with E-state index in [0.717, 1.165) is 16.9 Å². The van der Waals surface area contributed by atoms with Crippen molar-refractivity contribution in [1.29, 1.82) is 0 Å². The number of carboxylic acid groups (broad SMARTS) is 1. The molecule has 0 aromatic carbocycles. The van der Waals surface area contributed by atoms with E-state index in [2.05, 4.69) is 15.0 Å². The summed E-state index contributed by atoms with van der Waals surface area (Å²) in [5, 5.41) is 9.07. The molecule has 1 aromatic heterocycles. The molecular weight excluding hydrogens is 408 g/mol. The van der Waals surface area contributed by atoms with E-state index in [-0.39, 0.29) is 11.0 Å². The van der Waals surface area contributed by atoms with Crippen LogP contribution in [0.25, 0.3) is 5.57 Å². The predicted molar refractivity (Wildman–Crippen MR) is 111 cm³/mol. The minimum atomic E-state index is -3.32. The van der Waals surface area contributed by atoms with Crippen LogP contribution in [0.1, 0.15) is 30.8 Å². The normalized spacial score (nSPS) is 19.5. The van der Waals surface area contributed by atoms with Gasteiger partial charge >= 0.3 is 6.09 Å². The summed E-state index contributed by atoms with van der Waals surface area (Å²) in [6.45, 7) is 2.61. The summed E-state index contributed by atoms with van der Waals surface area (Å²) in [6.07, 6.45) is 6.77. The maximum atomic E-state index is 12.0. The zero-order chi connectivity index (χ0) is 21.5. The average Bonchev–Trinajstić information content (AvgIpc) is 3.10. The highest BCUT2D eigenvalue weighted by Crippen LogP contribution is 2.35. The van der Waals surface area contributed by atoms with Gasteiger partial charge in [-0.25, -0.2) is 18.2 Å².